The first-order chi connectivity index (χ1) is 16.4. The van der Waals surface area contributed by atoms with Gasteiger partial charge in [0.05, 0.1) is 12.6 Å². The van der Waals surface area contributed by atoms with Crippen molar-refractivity contribution >= 4 is 11.6 Å². The van der Waals surface area contributed by atoms with E-state index in [1.54, 1.807) is 6.07 Å². The zero-order valence-electron chi connectivity index (χ0n) is 19.8. The molecule has 0 unspecified atom stereocenters. The van der Waals surface area contributed by atoms with Crippen molar-refractivity contribution in [3.05, 3.63) is 97.3 Å². The molecule has 1 N–H and O–H groups in total. The lowest BCUT2D eigenvalue weighted by Crippen LogP contribution is -2.38. The van der Waals surface area contributed by atoms with Crippen LogP contribution in [0.25, 0.3) is 0 Å². The summed E-state index contributed by atoms with van der Waals surface area (Å²) in [6.45, 7) is 6.71. The van der Waals surface area contributed by atoms with Gasteiger partial charge in [-0.1, -0.05) is 41.9 Å². The summed E-state index contributed by atoms with van der Waals surface area (Å²) < 4.78 is 7.06. The van der Waals surface area contributed by atoms with Gasteiger partial charge < -0.3 is 9.72 Å². The van der Waals surface area contributed by atoms with Crippen LogP contribution in [0.3, 0.4) is 0 Å². The summed E-state index contributed by atoms with van der Waals surface area (Å²) in [5, 5.41) is 0.784. The lowest BCUT2D eigenvalue weighted by Gasteiger charge is -2.32. The molecule has 34 heavy (non-hydrogen) atoms. The average Bonchev–Trinajstić information content (AvgIpc) is 2.80. The molecule has 4 rings (SSSR count). The molecule has 0 spiro atoms. The summed E-state index contributed by atoms with van der Waals surface area (Å²) in [6.07, 6.45) is 3.14. The van der Waals surface area contributed by atoms with E-state index in [0.717, 1.165) is 54.3 Å². The third-order valence-corrected chi connectivity index (χ3v) is 6.63. The Morgan fingerprint density at radius 2 is 1.76 bits per heavy atom. The van der Waals surface area contributed by atoms with E-state index in [9.17, 15) is 9.59 Å². The number of nitrogens with one attached hydrogen (secondary N) is 1. The Bertz CT molecular complexity index is 1180. The molecule has 0 atom stereocenters. The molecule has 1 fully saturated rings. The smallest absolute Gasteiger partial charge is 0.328 e. The van der Waals surface area contributed by atoms with E-state index < -0.39 is 0 Å². The predicted molar refractivity (Wildman–Crippen MR) is 136 cm³/mol. The van der Waals surface area contributed by atoms with Gasteiger partial charge in [0.15, 0.2) is 0 Å². The minimum atomic E-state index is -0.362. The summed E-state index contributed by atoms with van der Waals surface area (Å²) in [4.78, 5) is 30.3. The van der Waals surface area contributed by atoms with Gasteiger partial charge in [0.1, 0.15) is 5.75 Å². The van der Waals surface area contributed by atoms with Gasteiger partial charge >= 0.3 is 5.69 Å². The Morgan fingerprint density at radius 3 is 2.44 bits per heavy atom. The van der Waals surface area contributed by atoms with Gasteiger partial charge in [0.25, 0.3) is 5.56 Å². The number of hydrogen-bond donors (Lipinski definition) is 1. The average molecular weight is 482 g/mol. The Morgan fingerprint density at radius 1 is 1.03 bits per heavy atom. The van der Waals surface area contributed by atoms with Gasteiger partial charge in [-0.05, 0) is 81.4 Å². The van der Waals surface area contributed by atoms with E-state index in [0.29, 0.717) is 18.2 Å². The summed E-state index contributed by atoms with van der Waals surface area (Å²) >= 11 is 6.45. The second-order valence-electron chi connectivity index (χ2n) is 9.35. The molecule has 180 valence electrons. The molecular weight excluding hydrogens is 450 g/mol. The quantitative estimate of drug-likeness (QED) is 0.515. The maximum Gasteiger partial charge on any atom is 0.328 e. The number of ether oxygens (including phenoxy) is 1. The van der Waals surface area contributed by atoms with E-state index in [-0.39, 0.29) is 23.9 Å². The molecule has 6 nitrogen and oxygen atoms in total. The number of rotatable bonds is 8. The van der Waals surface area contributed by atoms with Crippen LogP contribution < -0.4 is 16.0 Å². The second kappa shape index (κ2) is 11.1. The Kier molecular flexibility index (Phi) is 7.91. The molecule has 1 saturated heterocycles. The molecule has 0 aliphatic carbocycles. The number of hydrogen-bond acceptors (Lipinski definition) is 4. The molecule has 1 aromatic heterocycles. The zero-order valence-corrected chi connectivity index (χ0v) is 20.6. The van der Waals surface area contributed by atoms with E-state index in [1.807, 2.05) is 56.3 Å². The number of benzene rings is 2. The van der Waals surface area contributed by atoms with Crippen LogP contribution in [0, 0.1) is 5.92 Å². The highest BCUT2D eigenvalue weighted by atomic mass is 35.5. The summed E-state index contributed by atoms with van der Waals surface area (Å²) in [7, 11) is 0. The molecule has 0 amide bonds. The molecule has 3 aromatic rings. The van der Waals surface area contributed by atoms with Crippen molar-refractivity contribution < 1.29 is 4.74 Å². The normalized spacial score (nSPS) is 15.1. The summed E-state index contributed by atoms with van der Waals surface area (Å²) in [6, 6.07) is 17.0. The summed E-state index contributed by atoms with van der Waals surface area (Å²) in [5.74, 6) is 1.40. The predicted octanol–water partition coefficient (Wildman–Crippen LogP) is 4.48. The number of aromatic amines is 1. The van der Waals surface area contributed by atoms with Crippen molar-refractivity contribution in [3.8, 4) is 5.75 Å². The maximum absolute atomic E-state index is 12.6. The topological polar surface area (TPSA) is 67.3 Å². The molecule has 0 bridgehead atoms. The van der Waals surface area contributed by atoms with Crippen molar-refractivity contribution in [3.63, 3.8) is 0 Å². The highest BCUT2D eigenvalue weighted by Gasteiger charge is 2.21. The number of H-pyrrole nitrogens is 1. The van der Waals surface area contributed by atoms with E-state index in [1.165, 1.54) is 4.57 Å². The van der Waals surface area contributed by atoms with Crippen molar-refractivity contribution in [2.45, 2.75) is 52.3 Å². The van der Waals surface area contributed by atoms with Crippen LogP contribution in [0.4, 0.5) is 0 Å². The first kappa shape index (κ1) is 24.3. The van der Waals surface area contributed by atoms with Crippen molar-refractivity contribution in [1.82, 2.24) is 14.5 Å². The Balaban J connectivity index is 1.34. The van der Waals surface area contributed by atoms with Crippen molar-refractivity contribution in [1.29, 1.82) is 0 Å². The van der Waals surface area contributed by atoms with Crippen LogP contribution >= 0.6 is 11.6 Å². The minimum absolute atomic E-state index is 0.129. The molecule has 2 aromatic carbocycles. The van der Waals surface area contributed by atoms with E-state index in [4.69, 9.17) is 16.3 Å². The Labute approximate surface area is 205 Å². The highest BCUT2D eigenvalue weighted by molar-refractivity contribution is 6.31. The van der Waals surface area contributed by atoms with Gasteiger partial charge in [0, 0.05) is 23.3 Å². The minimum Gasteiger partial charge on any atom is -0.491 e. The van der Waals surface area contributed by atoms with Crippen LogP contribution in [0.2, 0.25) is 5.02 Å². The van der Waals surface area contributed by atoms with Gasteiger partial charge in [-0.25, -0.2) is 4.79 Å². The van der Waals surface area contributed by atoms with Crippen molar-refractivity contribution in [2.75, 3.05) is 13.1 Å². The van der Waals surface area contributed by atoms with Crippen LogP contribution in [0.1, 0.15) is 43.5 Å². The second-order valence-corrected chi connectivity index (χ2v) is 9.76. The lowest BCUT2D eigenvalue weighted by molar-refractivity contribution is 0.175. The van der Waals surface area contributed by atoms with Gasteiger partial charge in [-0.2, -0.15) is 0 Å². The third-order valence-electron chi connectivity index (χ3n) is 6.26. The fraction of sp³-hybridized carbons (Fsp3) is 0.407. The molecule has 0 saturated carbocycles. The van der Waals surface area contributed by atoms with Crippen LogP contribution in [0.15, 0.2) is 64.2 Å². The molecular formula is C27H32ClN3O3. The summed E-state index contributed by atoms with van der Waals surface area (Å²) in [5.41, 5.74) is 2.09. The first-order valence-corrected chi connectivity index (χ1v) is 12.3. The number of halogens is 1. The third kappa shape index (κ3) is 6.39. The van der Waals surface area contributed by atoms with E-state index >= 15 is 0 Å². The van der Waals surface area contributed by atoms with Crippen LogP contribution in [-0.4, -0.2) is 33.6 Å². The number of nitrogens with zero attached hydrogens (tertiary/aromatic N) is 2. The Hall–Kier alpha value is -2.83. The number of piperidine rings is 1. The van der Waals surface area contributed by atoms with Gasteiger partial charge in [0.2, 0.25) is 0 Å². The molecule has 0 radical (unpaired) electrons. The standard InChI is InChI=1S/C27H32ClN3O3/c1-19(2)34-24-8-9-25(28)22(15-24)14-20-10-12-30(13-11-20)18-23-16-26(32)31(27(33)29-23)17-21-6-4-3-5-7-21/h3-9,15-16,19-20H,10-14,17-18H2,1-2H3,(H,29,33). The molecule has 1 aliphatic heterocycles. The van der Waals surface area contributed by atoms with Crippen LogP contribution in [-0.2, 0) is 19.5 Å². The largest absolute Gasteiger partial charge is 0.491 e. The monoisotopic (exact) mass is 481 g/mol. The van der Waals surface area contributed by atoms with E-state index in [2.05, 4.69) is 16.0 Å². The molecule has 1 aliphatic rings. The number of aromatic nitrogens is 2. The zero-order chi connectivity index (χ0) is 24.1. The van der Waals surface area contributed by atoms with Gasteiger partial charge in [-0.3, -0.25) is 14.3 Å². The lowest BCUT2D eigenvalue weighted by atomic mass is 9.90. The van der Waals surface area contributed by atoms with Crippen molar-refractivity contribution in [2.24, 2.45) is 5.92 Å². The SMILES string of the molecule is CC(C)Oc1ccc(Cl)c(CC2CCN(Cc3cc(=O)n(Cc4ccccc4)c(=O)[nH]3)CC2)c1. The fourth-order valence-corrected chi connectivity index (χ4v) is 4.72. The first-order valence-electron chi connectivity index (χ1n) is 11.9. The fourth-order valence-electron chi connectivity index (χ4n) is 4.52. The molecule has 2 heterocycles. The highest BCUT2D eigenvalue weighted by Crippen LogP contribution is 2.29. The molecule has 7 heteroatoms. The maximum atomic E-state index is 12.6. The van der Waals surface area contributed by atoms with Crippen LogP contribution in [0.5, 0.6) is 5.75 Å². The van der Waals surface area contributed by atoms with Gasteiger partial charge in [-0.15, -0.1) is 0 Å². The number of likely N-dealkylation sites (tertiary alicyclic amines) is 1.